The number of rotatable bonds is 9. The second-order valence-corrected chi connectivity index (χ2v) is 11.0. The number of amides is 1. The Balaban J connectivity index is 1.23. The summed E-state index contributed by atoms with van der Waals surface area (Å²) in [4.78, 5) is 31.4. The van der Waals surface area contributed by atoms with E-state index in [0.717, 1.165) is 46.9 Å². The number of benzene rings is 2. The number of H-pyrrole nitrogens is 2. The second kappa shape index (κ2) is 10.9. The number of carbonyl (C=O) groups is 1. The van der Waals surface area contributed by atoms with Crippen molar-refractivity contribution in [2.24, 2.45) is 5.92 Å². The van der Waals surface area contributed by atoms with Crippen molar-refractivity contribution in [1.29, 1.82) is 0 Å². The number of para-hydroxylation sites is 1. The van der Waals surface area contributed by atoms with Gasteiger partial charge in [-0.25, -0.2) is 9.37 Å². The van der Waals surface area contributed by atoms with Crippen LogP contribution in [0.5, 0.6) is 5.75 Å². The number of aromatic amines is 2. The molecule has 4 aromatic heterocycles. The molecule has 1 aliphatic rings. The summed E-state index contributed by atoms with van der Waals surface area (Å²) in [7, 11) is 3.92. The third kappa shape index (κ3) is 5.54. The minimum Gasteiger partial charge on any atom is -0.492 e. The summed E-state index contributed by atoms with van der Waals surface area (Å²) in [6, 6.07) is 14.3. The predicted molar refractivity (Wildman–Crippen MR) is 163 cm³/mol. The van der Waals surface area contributed by atoms with E-state index in [-0.39, 0.29) is 17.6 Å². The molecule has 0 radical (unpaired) electrons. The molecule has 7 rings (SSSR count). The van der Waals surface area contributed by atoms with Crippen LogP contribution in [0, 0.1) is 11.7 Å². The number of hydrogen-bond donors (Lipinski definition) is 3. The molecule has 0 unspecified atom stereocenters. The molecule has 216 valence electrons. The molecule has 3 N–H and O–H groups in total. The third-order valence-electron chi connectivity index (χ3n) is 7.42. The first-order valence-electron chi connectivity index (χ1n) is 14.1. The van der Waals surface area contributed by atoms with Gasteiger partial charge < -0.3 is 19.9 Å². The maximum atomic E-state index is 14.6. The molecule has 6 aromatic rings. The first kappa shape index (κ1) is 26.7. The molecule has 4 heterocycles. The lowest BCUT2D eigenvalue weighted by Gasteiger charge is -2.12. The Morgan fingerprint density at radius 2 is 1.95 bits per heavy atom. The first-order chi connectivity index (χ1) is 20.9. The van der Waals surface area contributed by atoms with Crippen LogP contribution in [0.4, 0.5) is 10.1 Å². The number of nitrogens with one attached hydrogen (secondary N) is 3. The number of aromatic nitrogens is 6. The van der Waals surface area contributed by atoms with Gasteiger partial charge in [0.2, 0.25) is 5.91 Å². The molecule has 11 heteroatoms. The molecule has 1 fully saturated rings. The molecule has 43 heavy (non-hydrogen) atoms. The number of carbonyl (C=O) groups excluding carboxylic acids is 1. The van der Waals surface area contributed by atoms with Crippen molar-refractivity contribution >= 4 is 33.5 Å². The molecule has 10 nitrogen and oxygen atoms in total. The number of hydrogen-bond acceptors (Lipinski definition) is 7. The molecule has 0 aliphatic heterocycles. The number of nitrogens with zero attached hydrogens (tertiary/aromatic N) is 5. The Bertz CT molecular complexity index is 1980. The average Bonchev–Trinajstić information content (AvgIpc) is 3.62. The van der Waals surface area contributed by atoms with Crippen LogP contribution >= 0.6 is 0 Å². The minimum atomic E-state index is -0.380. The van der Waals surface area contributed by atoms with Crippen molar-refractivity contribution in [3.63, 3.8) is 0 Å². The van der Waals surface area contributed by atoms with E-state index < -0.39 is 0 Å². The molecule has 2 aromatic carbocycles. The Kier molecular flexibility index (Phi) is 6.78. The number of fused-ring (bicyclic) bond motifs is 2. The van der Waals surface area contributed by atoms with E-state index >= 15 is 0 Å². The van der Waals surface area contributed by atoms with Crippen LogP contribution in [-0.2, 0) is 4.79 Å². The summed E-state index contributed by atoms with van der Waals surface area (Å²) >= 11 is 0. The molecule has 1 aliphatic carbocycles. The standard InChI is InChI=1S/C32H29FN8O2/c1-41(2)8-9-43-23-12-19(10-21(33)13-23)24-4-3-5-26-29(24)38-31(37-26)30-25-14-27(35-17-28(25)39-40-30)20-11-22(16-34-15-20)36-32(42)18-6-7-18/h3-5,10-18H,6-9H2,1-2H3,(H,36,42)(H,37,38)(H,39,40). The highest BCUT2D eigenvalue weighted by Gasteiger charge is 2.29. The Morgan fingerprint density at radius 3 is 2.79 bits per heavy atom. The highest BCUT2D eigenvalue weighted by atomic mass is 19.1. The van der Waals surface area contributed by atoms with Crippen LogP contribution in [-0.4, -0.2) is 68.2 Å². The molecule has 0 spiro atoms. The molecule has 1 saturated carbocycles. The van der Waals surface area contributed by atoms with Gasteiger partial charge in [0, 0.05) is 41.2 Å². The Hall–Kier alpha value is -5.16. The predicted octanol–water partition coefficient (Wildman–Crippen LogP) is 5.66. The average molecular weight is 577 g/mol. The van der Waals surface area contributed by atoms with Gasteiger partial charge in [-0.05, 0) is 62.8 Å². The van der Waals surface area contributed by atoms with Crippen molar-refractivity contribution in [3.05, 3.63) is 72.9 Å². The zero-order valence-corrected chi connectivity index (χ0v) is 23.7. The summed E-state index contributed by atoms with van der Waals surface area (Å²) in [5.41, 5.74) is 6.38. The lowest BCUT2D eigenvalue weighted by atomic mass is 10.0. The van der Waals surface area contributed by atoms with Gasteiger partial charge in [-0.3, -0.25) is 19.9 Å². The van der Waals surface area contributed by atoms with E-state index in [0.29, 0.717) is 46.3 Å². The van der Waals surface area contributed by atoms with Crippen LogP contribution < -0.4 is 10.1 Å². The zero-order valence-electron chi connectivity index (χ0n) is 23.7. The van der Waals surface area contributed by atoms with Crippen molar-refractivity contribution in [1.82, 2.24) is 35.0 Å². The molecule has 0 atom stereocenters. The van der Waals surface area contributed by atoms with E-state index in [1.165, 1.54) is 12.1 Å². The minimum absolute atomic E-state index is 0.0232. The zero-order chi connectivity index (χ0) is 29.5. The largest absolute Gasteiger partial charge is 0.492 e. The second-order valence-electron chi connectivity index (χ2n) is 11.0. The molecule has 0 saturated heterocycles. The van der Waals surface area contributed by atoms with Crippen LogP contribution in [0.25, 0.3) is 55.8 Å². The van der Waals surface area contributed by atoms with Crippen molar-refractivity contribution in [2.45, 2.75) is 12.8 Å². The quantitative estimate of drug-likeness (QED) is 0.203. The van der Waals surface area contributed by atoms with E-state index in [4.69, 9.17) is 9.72 Å². The lowest BCUT2D eigenvalue weighted by Crippen LogP contribution is -2.19. The van der Waals surface area contributed by atoms with E-state index in [1.807, 2.05) is 55.4 Å². The van der Waals surface area contributed by atoms with Gasteiger partial charge in [0.1, 0.15) is 23.9 Å². The number of pyridine rings is 2. The number of halogens is 1. The first-order valence-corrected chi connectivity index (χ1v) is 14.1. The summed E-state index contributed by atoms with van der Waals surface area (Å²) in [6.07, 6.45) is 6.92. The van der Waals surface area contributed by atoms with Crippen molar-refractivity contribution < 1.29 is 13.9 Å². The fourth-order valence-electron chi connectivity index (χ4n) is 5.02. The van der Waals surface area contributed by atoms with Gasteiger partial charge in [-0.1, -0.05) is 12.1 Å². The van der Waals surface area contributed by atoms with E-state index in [2.05, 4.69) is 30.5 Å². The van der Waals surface area contributed by atoms with Gasteiger partial charge in [0.25, 0.3) is 0 Å². The number of anilines is 1. The Labute approximate surface area is 246 Å². The monoisotopic (exact) mass is 576 g/mol. The summed E-state index contributed by atoms with van der Waals surface area (Å²) < 4.78 is 20.5. The summed E-state index contributed by atoms with van der Waals surface area (Å²) in [5, 5.41) is 11.3. The topological polar surface area (TPSA) is 125 Å². The Morgan fingerprint density at radius 1 is 1.07 bits per heavy atom. The highest BCUT2D eigenvalue weighted by molar-refractivity contribution is 5.98. The van der Waals surface area contributed by atoms with Crippen LogP contribution in [0.15, 0.2) is 67.1 Å². The molecular formula is C32H29FN8O2. The molecule has 1 amide bonds. The van der Waals surface area contributed by atoms with Gasteiger partial charge >= 0.3 is 0 Å². The maximum absolute atomic E-state index is 14.6. The molecular weight excluding hydrogens is 547 g/mol. The summed E-state index contributed by atoms with van der Waals surface area (Å²) in [5.74, 6) is 0.770. The van der Waals surface area contributed by atoms with Crippen molar-refractivity contribution in [3.8, 4) is 39.7 Å². The van der Waals surface area contributed by atoms with Crippen LogP contribution in [0.1, 0.15) is 12.8 Å². The number of imidazole rings is 1. The van der Waals surface area contributed by atoms with E-state index in [9.17, 15) is 9.18 Å². The third-order valence-corrected chi connectivity index (χ3v) is 7.42. The van der Waals surface area contributed by atoms with E-state index in [1.54, 1.807) is 18.6 Å². The fourth-order valence-corrected chi connectivity index (χ4v) is 5.02. The highest BCUT2D eigenvalue weighted by Crippen LogP contribution is 2.35. The normalized spacial score (nSPS) is 13.2. The lowest BCUT2D eigenvalue weighted by molar-refractivity contribution is -0.117. The van der Waals surface area contributed by atoms with Crippen LogP contribution in [0.3, 0.4) is 0 Å². The molecule has 0 bridgehead atoms. The summed E-state index contributed by atoms with van der Waals surface area (Å²) in [6.45, 7) is 1.17. The van der Waals surface area contributed by atoms with Gasteiger partial charge in [0.15, 0.2) is 5.82 Å². The van der Waals surface area contributed by atoms with Gasteiger partial charge in [0.05, 0.1) is 40.3 Å². The SMILES string of the molecule is CN(C)CCOc1cc(F)cc(-c2cccc3[nH]c(-c4n[nH]c5cnc(-c6cncc(NC(=O)C7CC7)c6)cc45)nc23)c1. The number of likely N-dealkylation sites (N-methyl/N-ethyl adjacent to an activating group) is 1. The van der Waals surface area contributed by atoms with Gasteiger partial charge in [-0.2, -0.15) is 5.10 Å². The maximum Gasteiger partial charge on any atom is 0.227 e. The fraction of sp³-hybridized carbons (Fsp3) is 0.219. The number of ether oxygens (including phenoxy) is 1. The smallest absolute Gasteiger partial charge is 0.227 e. The van der Waals surface area contributed by atoms with Crippen LogP contribution in [0.2, 0.25) is 0 Å². The van der Waals surface area contributed by atoms with Crippen molar-refractivity contribution in [2.75, 3.05) is 32.6 Å². The van der Waals surface area contributed by atoms with Gasteiger partial charge in [-0.15, -0.1) is 0 Å².